The van der Waals surface area contributed by atoms with E-state index in [0.717, 1.165) is 36.5 Å². The van der Waals surface area contributed by atoms with Gasteiger partial charge in [-0.25, -0.2) is 0 Å². The first kappa shape index (κ1) is 18.9. The summed E-state index contributed by atoms with van der Waals surface area (Å²) in [6, 6.07) is 15.5. The van der Waals surface area contributed by atoms with Gasteiger partial charge in [0.2, 0.25) is 5.91 Å². The van der Waals surface area contributed by atoms with Crippen LogP contribution < -0.4 is 10.2 Å². The van der Waals surface area contributed by atoms with Crippen molar-refractivity contribution >= 4 is 34.7 Å². The molecule has 3 aromatic rings. The van der Waals surface area contributed by atoms with Crippen molar-refractivity contribution in [2.24, 2.45) is 5.92 Å². The Labute approximate surface area is 173 Å². The Kier molecular flexibility index (Phi) is 5.88. The molecule has 1 atom stereocenters. The number of carbonyl (C=O) groups excluding carboxylic acids is 1. The van der Waals surface area contributed by atoms with Crippen molar-refractivity contribution in [3.8, 4) is 11.3 Å². The van der Waals surface area contributed by atoms with Crippen LogP contribution in [0.3, 0.4) is 0 Å². The van der Waals surface area contributed by atoms with E-state index >= 15 is 0 Å². The summed E-state index contributed by atoms with van der Waals surface area (Å²) in [5, 5.41) is 14.5. The van der Waals surface area contributed by atoms with Crippen LogP contribution in [0.1, 0.15) is 17.7 Å². The lowest BCUT2D eigenvalue weighted by atomic mass is 9.97. The number of benzene rings is 1. The third-order valence-electron chi connectivity index (χ3n) is 4.92. The normalized spacial score (nSPS) is 16.8. The fraction of sp³-hybridized carbons (Fsp3) is 0.286. The molecule has 1 aliphatic heterocycles. The summed E-state index contributed by atoms with van der Waals surface area (Å²) in [5.74, 6) is 0.906. The molecular weight excluding hydrogens is 392 g/mol. The third-order valence-corrected chi connectivity index (χ3v) is 6.05. The van der Waals surface area contributed by atoms with Gasteiger partial charge in [-0.3, -0.25) is 4.79 Å². The Bertz CT molecular complexity index is 913. The highest BCUT2D eigenvalue weighted by Gasteiger charge is 2.26. The van der Waals surface area contributed by atoms with Gasteiger partial charge in [-0.2, -0.15) is 0 Å². The molecule has 3 heterocycles. The monoisotopic (exact) mass is 412 g/mol. The summed E-state index contributed by atoms with van der Waals surface area (Å²) in [4.78, 5) is 15.9. The lowest BCUT2D eigenvalue weighted by Gasteiger charge is -2.32. The fourth-order valence-corrected chi connectivity index (χ4v) is 4.17. The van der Waals surface area contributed by atoms with Crippen LogP contribution in [0.5, 0.6) is 0 Å². The van der Waals surface area contributed by atoms with E-state index in [0.29, 0.717) is 18.1 Å². The van der Waals surface area contributed by atoms with Crippen LogP contribution in [-0.4, -0.2) is 29.2 Å². The minimum atomic E-state index is -0.0218. The highest BCUT2D eigenvalue weighted by Crippen LogP contribution is 2.24. The summed E-state index contributed by atoms with van der Waals surface area (Å²) >= 11 is 7.60. The Morgan fingerprint density at radius 2 is 2.04 bits per heavy atom. The molecule has 0 spiro atoms. The van der Waals surface area contributed by atoms with Crippen molar-refractivity contribution in [2.75, 3.05) is 18.0 Å². The zero-order valence-electron chi connectivity index (χ0n) is 15.3. The van der Waals surface area contributed by atoms with E-state index < -0.39 is 0 Å². The van der Waals surface area contributed by atoms with Crippen LogP contribution in [0, 0.1) is 5.92 Å². The van der Waals surface area contributed by atoms with Gasteiger partial charge in [0, 0.05) is 28.6 Å². The van der Waals surface area contributed by atoms with Gasteiger partial charge >= 0.3 is 0 Å². The van der Waals surface area contributed by atoms with Crippen LogP contribution >= 0.6 is 22.9 Å². The Morgan fingerprint density at radius 3 is 2.75 bits per heavy atom. The van der Waals surface area contributed by atoms with E-state index in [9.17, 15) is 4.79 Å². The predicted octanol–water partition coefficient (Wildman–Crippen LogP) is 4.39. The number of nitrogens with one attached hydrogen (secondary N) is 1. The lowest BCUT2D eigenvalue weighted by molar-refractivity contribution is -0.125. The molecule has 5 nitrogen and oxygen atoms in total. The summed E-state index contributed by atoms with van der Waals surface area (Å²) in [5.41, 5.74) is 1.79. The number of hydrogen-bond donors (Lipinski definition) is 1. The van der Waals surface area contributed by atoms with Gasteiger partial charge in [-0.1, -0.05) is 29.8 Å². The predicted molar refractivity (Wildman–Crippen MR) is 114 cm³/mol. The van der Waals surface area contributed by atoms with E-state index in [-0.39, 0.29) is 11.8 Å². The summed E-state index contributed by atoms with van der Waals surface area (Å²) < 4.78 is 0. The molecule has 144 valence electrons. The van der Waals surface area contributed by atoms with Gasteiger partial charge < -0.3 is 10.2 Å². The number of hydrogen-bond acceptors (Lipinski definition) is 5. The number of anilines is 1. The molecule has 0 saturated carbocycles. The van der Waals surface area contributed by atoms with Crippen molar-refractivity contribution in [1.29, 1.82) is 0 Å². The first-order valence-electron chi connectivity index (χ1n) is 9.34. The second kappa shape index (κ2) is 8.71. The Morgan fingerprint density at radius 1 is 1.18 bits per heavy atom. The summed E-state index contributed by atoms with van der Waals surface area (Å²) in [7, 11) is 0. The maximum Gasteiger partial charge on any atom is 0.225 e. The van der Waals surface area contributed by atoms with Crippen molar-refractivity contribution in [3.63, 3.8) is 0 Å². The minimum absolute atomic E-state index is 0.0218. The molecule has 0 radical (unpaired) electrons. The van der Waals surface area contributed by atoms with E-state index in [1.807, 2.05) is 53.9 Å². The van der Waals surface area contributed by atoms with Gasteiger partial charge in [-0.05, 0) is 48.6 Å². The molecule has 0 aliphatic carbocycles. The molecule has 1 aliphatic rings. The van der Waals surface area contributed by atoms with E-state index in [1.54, 1.807) is 11.3 Å². The molecule has 1 saturated heterocycles. The molecule has 2 aromatic heterocycles. The smallest absolute Gasteiger partial charge is 0.225 e. The number of carbonyl (C=O) groups is 1. The Hall–Kier alpha value is -2.44. The molecule has 1 N–H and O–H groups in total. The molecule has 1 amide bonds. The average molecular weight is 413 g/mol. The van der Waals surface area contributed by atoms with Crippen LogP contribution in [0.15, 0.2) is 53.9 Å². The van der Waals surface area contributed by atoms with Crippen LogP contribution in [0.2, 0.25) is 5.02 Å². The number of nitrogens with zero attached hydrogens (tertiary/aromatic N) is 3. The Balaban J connectivity index is 1.38. The second-order valence-corrected chi connectivity index (χ2v) is 8.33. The van der Waals surface area contributed by atoms with Gasteiger partial charge in [0.1, 0.15) is 0 Å². The van der Waals surface area contributed by atoms with Gasteiger partial charge in [0.25, 0.3) is 0 Å². The maximum atomic E-state index is 12.6. The summed E-state index contributed by atoms with van der Waals surface area (Å²) in [6.45, 7) is 2.16. The molecule has 1 unspecified atom stereocenters. The second-order valence-electron chi connectivity index (χ2n) is 6.87. The quantitative estimate of drug-likeness (QED) is 0.675. The third kappa shape index (κ3) is 4.51. The largest absolute Gasteiger partial charge is 0.354 e. The zero-order valence-corrected chi connectivity index (χ0v) is 16.9. The van der Waals surface area contributed by atoms with Gasteiger partial charge in [0.15, 0.2) is 5.82 Å². The van der Waals surface area contributed by atoms with E-state index in [4.69, 9.17) is 11.6 Å². The van der Waals surface area contributed by atoms with Crippen molar-refractivity contribution in [2.45, 2.75) is 19.4 Å². The van der Waals surface area contributed by atoms with Crippen LogP contribution in [0.25, 0.3) is 11.3 Å². The SMILES string of the molecule is O=C(NCc1cccs1)C1CCCN(c2ccc(-c3ccc(Cl)cc3)nn2)C1. The molecular formula is C21H21ClN4OS. The highest BCUT2D eigenvalue weighted by atomic mass is 35.5. The lowest BCUT2D eigenvalue weighted by Crippen LogP contribution is -2.43. The van der Waals surface area contributed by atoms with Gasteiger partial charge in [-0.15, -0.1) is 21.5 Å². The molecule has 4 rings (SSSR count). The number of piperidine rings is 1. The van der Waals surface area contributed by atoms with E-state index in [2.05, 4.69) is 20.4 Å². The zero-order chi connectivity index (χ0) is 19.3. The van der Waals surface area contributed by atoms with Crippen LogP contribution in [-0.2, 0) is 11.3 Å². The molecule has 1 aromatic carbocycles. The maximum absolute atomic E-state index is 12.6. The van der Waals surface area contributed by atoms with Crippen LogP contribution in [0.4, 0.5) is 5.82 Å². The molecule has 28 heavy (non-hydrogen) atoms. The van der Waals surface area contributed by atoms with E-state index in [1.165, 1.54) is 4.88 Å². The highest BCUT2D eigenvalue weighted by molar-refractivity contribution is 7.09. The number of thiophene rings is 1. The average Bonchev–Trinajstić information content (AvgIpc) is 3.26. The van der Waals surface area contributed by atoms with Crippen molar-refractivity contribution in [3.05, 3.63) is 63.8 Å². The number of aromatic nitrogens is 2. The molecule has 0 bridgehead atoms. The standard InChI is InChI=1S/C21H21ClN4OS/c22-17-7-5-15(6-8-17)19-9-10-20(25-24-19)26-11-1-3-16(14-26)21(27)23-13-18-4-2-12-28-18/h2,4-10,12,16H,1,3,11,13-14H2,(H,23,27). The number of halogens is 1. The van der Waals surface area contributed by atoms with Crippen molar-refractivity contribution in [1.82, 2.24) is 15.5 Å². The van der Waals surface area contributed by atoms with Gasteiger partial charge in [0.05, 0.1) is 18.2 Å². The van der Waals surface area contributed by atoms with Crippen molar-refractivity contribution < 1.29 is 4.79 Å². The number of rotatable bonds is 5. The first-order valence-corrected chi connectivity index (χ1v) is 10.6. The minimum Gasteiger partial charge on any atom is -0.354 e. The summed E-state index contributed by atoms with van der Waals surface area (Å²) in [6.07, 6.45) is 1.88. The number of amides is 1. The molecule has 1 fully saturated rings. The first-order chi connectivity index (χ1) is 13.7. The fourth-order valence-electron chi connectivity index (χ4n) is 3.40. The molecule has 7 heteroatoms. The topological polar surface area (TPSA) is 58.1 Å².